The number of carbonyl (C=O) groups excluding carboxylic acids is 2. The number of carbonyl (C=O) groups is 2. The van der Waals surface area contributed by atoms with Gasteiger partial charge in [0.2, 0.25) is 0 Å². The summed E-state index contributed by atoms with van der Waals surface area (Å²) in [6.45, 7) is 2.14. The van der Waals surface area contributed by atoms with Gasteiger partial charge in [0.15, 0.2) is 12.3 Å². The van der Waals surface area contributed by atoms with Crippen LogP contribution in [0.2, 0.25) is 0 Å². The average Bonchev–Trinajstić information content (AvgIpc) is 3.57. The number of nitrogens with two attached hydrogens (primary N) is 1. The number of hydrogen-bond donors (Lipinski definition) is 5. The van der Waals surface area contributed by atoms with Crippen LogP contribution in [0.4, 0.5) is 5.82 Å². The molecule has 7 atom stereocenters. The lowest BCUT2D eigenvalue weighted by Gasteiger charge is -2.21. The van der Waals surface area contributed by atoms with Gasteiger partial charge in [-0.3, -0.25) is 23.2 Å². The second kappa shape index (κ2) is 37.1. The van der Waals surface area contributed by atoms with Gasteiger partial charge in [0.25, 0.3) is 0 Å². The number of phosphoric acid groups is 2. The molecule has 0 amide bonds. The Bertz CT molecular complexity index is 1730. The summed E-state index contributed by atoms with van der Waals surface area (Å²) < 4.78 is 56.8. The van der Waals surface area contributed by atoms with Crippen LogP contribution in [0.15, 0.2) is 41.4 Å². The number of hydrogen-bond acceptors (Lipinski definition) is 15. The van der Waals surface area contributed by atoms with Crippen molar-refractivity contribution in [1.82, 2.24) is 9.55 Å². The van der Waals surface area contributed by atoms with Gasteiger partial charge in [0.05, 0.1) is 13.2 Å². The van der Waals surface area contributed by atoms with Crippen molar-refractivity contribution in [3.8, 4) is 0 Å². The number of aliphatic hydroxyl groups excluding tert-OH is 2. The molecule has 1 aliphatic rings. The quantitative estimate of drug-likeness (QED) is 0.0176. The molecule has 1 saturated heterocycles. The van der Waals surface area contributed by atoms with Gasteiger partial charge in [-0.1, -0.05) is 141 Å². The molecule has 0 aromatic carbocycles. The molecule has 1 aliphatic heterocycles. The van der Waals surface area contributed by atoms with Crippen LogP contribution in [0.3, 0.4) is 0 Å². The number of rotatable bonds is 42. The summed E-state index contributed by atoms with van der Waals surface area (Å²) in [5.41, 5.74) is 4.59. The Morgan fingerprint density at radius 3 is 1.66 bits per heavy atom. The molecule has 3 unspecified atom stereocenters. The third kappa shape index (κ3) is 29.4. The van der Waals surface area contributed by atoms with Crippen molar-refractivity contribution in [2.24, 2.45) is 0 Å². The third-order valence-corrected chi connectivity index (χ3v) is 14.1. The van der Waals surface area contributed by atoms with Crippen molar-refractivity contribution in [2.45, 2.75) is 224 Å². The van der Waals surface area contributed by atoms with Crippen LogP contribution >= 0.6 is 15.6 Å². The predicted octanol–water partition coefficient (Wildman–Crippen LogP) is 10.2. The molecular weight excluding hydrogens is 920 g/mol. The smallest absolute Gasteiger partial charge is 0.462 e. The number of phosphoric ester groups is 2. The summed E-state index contributed by atoms with van der Waals surface area (Å²) in [7, 11) is -10.8. The molecule has 18 nitrogen and oxygen atoms in total. The largest absolute Gasteiger partial charge is 0.481 e. The monoisotopic (exact) mass is 1010 g/mol. The second-order valence-corrected chi connectivity index (χ2v) is 20.7. The van der Waals surface area contributed by atoms with E-state index in [9.17, 15) is 43.5 Å². The third-order valence-electron chi connectivity index (χ3n) is 11.5. The highest BCUT2D eigenvalue weighted by molar-refractivity contribution is 7.61. The summed E-state index contributed by atoms with van der Waals surface area (Å²) in [5.74, 6) is -1.30. The first kappa shape index (κ1) is 61.4. The van der Waals surface area contributed by atoms with E-state index in [0.29, 0.717) is 12.8 Å². The molecule has 0 radical (unpaired) electrons. The zero-order valence-electron chi connectivity index (χ0n) is 40.9. The van der Waals surface area contributed by atoms with Crippen LogP contribution in [-0.2, 0) is 46.3 Å². The Hall–Kier alpha value is -2.76. The summed E-state index contributed by atoms with van der Waals surface area (Å²) >= 11 is 0. The van der Waals surface area contributed by atoms with Gasteiger partial charge in [-0.15, -0.1) is 0 Å². The lowest BCUT2D eigenvalue weighted by Crippen LogP contribution is -2.36. The van der Waals surface area contributed by atoms with E-state index in [1.165, 1.54) is 82.9 Å². The molecule has 2 rings (SSSR count). The Balaban J connectivity index is 1.81. The molecule has 1 aromatic rings. The number of allylic oxidation sites excluding steroid dienone is 4. The number of unbranched alkanes of at least 4 members (excludes halogenated alkanes) is 22. The minimum Gasteiger partial charge on any atom is -0.462 e. The molecule has 0 bridgehead atoms. The summed E-state index contributed by atoms with van der Waals surface area (Å²) in [6.07, 6.45) is 31.1. The summed E-state index contributed by atoms with van der Waals surface area (Å²) in [5, 5.41) is 20.9. The fraction of sp³-hybridized carbons (Fsp3) is 0.792. The molecule has 2 heterocycles. The Labute approximate surface area is 405 Å². The zero-order chi connectivity index (χ0) is 49.9. The van der Waals surface area contributed by atoms with Crippen LogP contribution in [0.25, 0.3) is 0 Å². The molecule has 68 heavy (non-hydrogen) atoms. The number of aromatic nitrogens is 2. The standard InChI is InChI=1S/C48H85N3O15P2/c1-3-5-7-9-11-13-15-17-19-21-23-25-27-29-31-33-43(52)61-37-40(64-44(53)34-32-30-28-26-24-22-20-18-16-14-12-10-8-6-4-2)38-62-67(57,58)66-68(59,60)63-39-41-45(54)46(55)47(65-41)51-36-35-42(49)50-48(51)56/h13,15,18,20,35-36,40-41,45-47,54-55H,3-12,14,16-17,19,21-34,37-39H2,1-2H3,(H,57,58)(H,59,60)(H2,49,50,56)/t40-,41-,45+,46?,47-/m1/s1. The van der Waals surface area contributed by atoms with Crippen molar-refractivity contribution >= 4 is 33.4 Å². The first-order chi connectivity index (χ1) is 32.7. The fourth-order valence-electron chi connectivity index (χ4n) is 7.54. The van der Waals surface area contributed by atoms with Crippen LogP contribution in [-0.4, -0.2) is 85.7 Å². The average molecular weight is 1010 g/mol. The number of nitrogens with zero attached hydrogens (tertiary/aromatic N) is 2. The van der Waals surface area contributed by atoms with Crippen molar-refractivity contribution in [1.29, 1.82) is 0 Å². The SMILES string of the molecule is CCCCCCC=CCCCCCCCCCC(=O)OC[C@H](COP(=O)(O)OP(=O)(O)OC[C@H]1O[C@@H](n2ccc(N)nc2=O)C(O)[C@H]1O)OC(=O)CCCCCCCC=CCCCCCCCC. The highest BCUT2D eigenvalue weighted by Gasteiger charge is 2.46. The maximum atomic E-state index is 12.8. The zero-order valence-corrected chi connectivity index (χ0v) is 42.7. The first-order valence-electron chi connectivity index (χ1n) is 25.3. The molecule has 6 N–H and O–H groups in total. The maximum Gasteiger partial charge on any atom is 0.481 e. The molecular formula is C48H85N3O15P2. The number of anilines is 1. The highest BCUT2D eigenvalue weighted by atomic mass is 31.3. The summed E-state index contributed by atoms with van der Waals surface area (Å²) in [4.78, 5) is 61.9. The van der Waals surface area contributed by atoms with E-state index >= 15 is 0 Å². The van der Waals surface area contributed by atoms with E-state index in [2.05, 4.69) is 47.4 Å². The Morgan fingerprint density at radius 2 is 1.15 bits per heavy atom. The fourth-order valence-corrected chi connectivity index (χ4v) is 9.65. The highest BCUT2D eigenvalue weighted by Crippen LogP contribution is 2.60. The molecule has 0 saturated carbocycles. The molecule has 1 fully saturated rings. The second-order valence-electron chi connectivity index (χ2n) is 17.7. The number of nitrogen functional groups attached to an aromatic ring is 1. The van der Waals surface area contributed by atoms with E-state index in [4.69, 9.17) is 29.0 Å². The lowest BCUT2D eigenvalue weighted by molar-refractivity contribution is -0.161. The number of aliphatic hydroxyl groups is 2. The first-order valence-corrected chi connectivity index (χ1v) is 28.3. The van der Waals surface area contributed by atoms with E-state index in [-0.39, 0.29) is 18.7 Å². The normalized spacial score (nSPS) is 19.6. The maximum absolute atomic E-state index is 12.8. The Kier molecular flexibility index (Phi) is 33.5. The number of ether oxygens (including phenoxy) is 3. The number of esters is 2. The minimum atomic E-state index is -5.42. The van der Waals surface area contributed by atoms with Gasteiger partial charge in [-0.25, -0.2) is 13.9 Å². The van der Waals surface area contributed by atoms with E-state index in [0.717, 1.165) is 88.0 Å². The van der Waals surface area contributed by atoms with Crippen molar-refractivity contribution < 1.29 is 66.3 Å². The van der Waals surface area contributed by atoms with Crippen molar-refractivity contribution in [3.05, 3.63) is 47.1 Å². The van der Waals surface area contributed by atoms with Crippen LogP contribution in [0, 0.1) is 0 Å². The summed E-state index contributed by atoms with van der Waals surface area (Å²) in [6, 6.07) is 1.25. The predicted molar refractivity (Wildman–Crippen MR) is 261 cm³/mol. The van der Waals surface area contributed by atoms with Gasteiger partial charge >= 0.3 is 33.3 Å². The van der Waals surface area contributed by atoms with Crippen molar-refractivity contribution in [2.75, 3.05) is 25.6 Å². The lowest BCUT2D eigenvalue weighted by atomic mass is 10.1. The van der Waals surface area contributed by atoms with E-state index < -0.39 is 83.7 Å². The topological polar surface area (TPSA) is 265 Å². The van der Waals surface area contributed by atoms with Gasteiger partial charge in [0.1, 0.15) is 30.7 Å². The van der Waals surface area contributed by atoms with Crippen LogP contribution in [0.5, 0.6) is 0 Å². The molecule has 0 aliphatic carbocycles. The van der Waals surface area contributed by atoms with Gasteiger partial charge < -0.3 is 39.9 Å². The van der Waals surface area contributed by atoms with Crippen LogP contribution < -0.4 is 11.4 Å². The molecule has 1 aromatic heterocycles. The minimum absolute atomic E-state index is 0.0412. The van der Waals surface area contributed by atoms with Gasteiger partial charge in [0, 0.05) is 19.0 Å². The molecule has 392 valence electrons. The van der Waals surface area contributed by atoms with Gasteiger partial charge in [-0.2, -0.15) is 9.29 Å². The molecule has 20 heteroatoms. The van der Waals surface area contributed by atoms with Gasteiger partial charge in [-0.05, 0) is 70.3 Å². The van der Waals surface area contributed by atoms with E-state index in [1.807, 2.05) is 0 Å². The van der Waals surface area contributed by atoms with E-state index in [1.54, 1.807) is 0 Å². The van der Waals surface area contributed by atoms with Crippen molar-refractivity contribution in [3.63, 3.8) is 0 Å². The molecule has 0 spiro atoms. The van der Waals surface area contributed by atoms with Crippen LogP contribution in [0.1, 0.15) is 200 Å². The Morgan fingerprint density at radius 1 is 0.691 bits per heavy atom.